The summed E-state index contributed by atoms with van der Waals surface area (Å²) in [5.41, 5.74) is 2.75. The number of carboxylic acids is 1. The van der Waals surface area contributed by atoms with Crippen LogP contribution < -0.4 is 4.74 Å². The summed E-state index contributed by atoms with van der Waals surface area (Å²) in [5.74, 6) is -0.332. The van der Waals surface area contributed by atoms with Crippen LogP contribution in [0.2, 0.25) is 0 Å². The molecule has 4 heteroatoms. The number of pyridine rings is 1. The molecule has 0 amide bonds. The molecule has 4 nitrogen and oxygen atoms in total. The van der Waals surface area contributed by atoms with Gasteiger partial charge in [-0.05, 0) is 31.2 Å². The molecule has 1 heterocycles. The van der Waals surface area contributed by atoms with Gasteiger partial charge in [-0.15, -0.1) is 0 Å². The van der Waals surface area contributed by atoms with Crippen molar-refractivity contribution in [3.8, 4) is 5.75 Å². The van der Waals surface area contributed by atoms with E-state index in [1.807, 2.05) is 37.3 Å². The molecule has 0 aliphatic rings. The molecule has 0 aliphatic carbocycles. The van der Waals surface area contributed by atoms with Crippen molar-refractivity contribution < 1.29 is 14.6 Å². The Bertz CT molecular complexity index is 621. The number of carboxylic acid groups (broad SMARTS) is 1. The molecule has 1 aromatic heterocycles. The number of ether oxygens (including phenoxy) is 1. The minimum absolute atomic E-state index is 0.394. The number of hydrogen-bond acceptors (Lipinski definition) is 3. The van der Waals surface area contributed by atoms with E-state index in [9.17, 15) is 4.79 Å². The second-order valence-corrected chi connectivity index (χ2v) is 4.36. The van der Waals surface area contributed by atoms with Crippen LogP contribution in [0.5, 0.6) is 5.75 Å². The summed E-state index contributed by atoms with van der Waals surface area (Å²) in [7, 11) is 0. The molecule has 0 atom stereocenters. The molecule has 0 spiro atoms. The van der Waals surface area contributed by atoms with Crippen LogP contribution in [-0.2, 0) is 11.4 Å². The molecule has 2 rings (SSSR count). The summed E-state index contributed by atoms with van der Waals surface area (Å²) < 4.78 is 5.73. The Morgan fingerprint density at radius 2 is 2.25 bits per heavy atom. The van der Waals surface area contributed by atoms with Crippen LogP contribution in [0, 0.1) is 6.92 Å². The summed E-state index contributed by atoms with van der Waals surface area (Å²) in [6, 6.07) is 9.43. The first-order chi connectivity index (χ1) is 9.65. The van der Waals surface area contributed by atoms with Gasteiger partial charge in [-0.25, -0.2) is 4.79 Å². The minimum Gasteiger partial charge on any atom is -0.488 e. The van der Waals surface area contributed by atoms with Crippen LogP contribution >= 0.6 is 0 Å². The fourth-order valence-corrected chi connectivity index (χ4v) is 1.74. The number of benzene rings is 1. The number of carbonyl (C=O) groups is 1. The van der Waals surface area contributed by atoms with Crippen LogP contribution in [0.3, 0.4) is 0 Å². The SMILES string of the molecule is Cc1ccc(OCc2cccnc2)c(C=CC(=O)O)c1. The second kappa shape index (κ2) is 6.52. The average Bonchev–Trinajstić information content (AvgIpc) is 2.45. The van der Waals surface area contributed by atoms with Gasteiger partial charge >= 0.3 is 5.97 Å². The van der Waals surface area contributed by atoms with Gasteiger partial charge in [0.15, 0.2) is 0 Å². The molecule has 2 aromatic rings. The molecule has 0 aliphatic heterocycles. The van der Waals surface area contributed by atoms with Crippen LogP contribution in [0.15, 0.2) is 48.8 Å². The van der Waals surface area contributed by atoms with Crippen molar-refractivity contribution >= 4 is 12.0 Å². The third-order valence-corrected chi connectivity index (χ3v) is 2.69. The smallest absolute Gasteiger partial charge is 0.328 e. The van der Waals surface area contributed by atoms with Gasteiger partial charge in [0.1, 0.15) is 12.4 Å². The molecule has 20 heavy (non-hydrogen) atoms. The van der Waals surface area contributed by atoms with Crippen molar-refractivity contribution in [2.45, 2.75) is 13.5 Å². The zero-order valence-corrected chi connectivity index (χ0v) is 11.1. The van der Waals surface area contributed by atoms with Crippen molar-refractivity contribution in [2.24, 2.45) is 0 Å². The standard InChI is InChI=1S/C16H15NO3/c1-12-4-6-15(14(9-12)5-7-16(18)19)20-11-13-3-2-8-17-10-13/h2-10H,11H2,1H3,(H,18,19). The first-order valence-corrected chi connectivity index (χ1v) is 6.18. The van der Waals surface area contributed by atoms with E-state index in [2.05, 4.69) is 4.98 Å². The molecule has 1 N–H and O–H groups in total. The van der Waals surface area contributed by atoms with Gasteiger partial charge in [0.2, 0.25) is 0 Å². The van der Waals surface area contributed by atoms with Crippen molar-refractivity contribution in [3.05, 3.63) is 65.5 Å². The molecular formula is C16H15NO3. The van der Waals surface area contributed by atoms with Gasteiger partial charge in [-0.2, -0.15) is 0 Å². The van der Waals surface area contributed by atoms with E-state index in [0.717, 1.165) is 22.8 Å². The Hall–Kier alpha value is -2.62. The Balaban J connectivity index is 2.16. The molecule has 1 aromatic carbocycles. The average molecular weight is 269 g/mol. The highest BCUT2D eigenvalue weighted by Crippen LogP contribution is 2.22. The van der Waals surface area contributed by atoms with Gasteiger partial charge in [-0.3, -0.25) is 4.98 Å². The Morgan fingerprint density at radius 1 is 1.40 bits per heavy atom. The fraction of sp³-hybridized carbons (Fsp3) is 0.125. The number of aromatic nitrogens is 1. The van der Waals surface area contributed by atoms with Gasteiger partial charge in [0.05, 0.1) is 0 Å². The fourth-order valence-electron chi connectivity index (χ4n) is 1.74. The highest BCUT2D eigenvalue weighted by Gasteiger charge is 2.03. The molecule has 0 fully saturated rings. The zero-order chi connectivity index (χ0) is 14.4. The van der Waals surface area contributed by atoms with E-state index < -0.39 is 5.97 Å². The van der Waals surface area contributed by atoms with Gasteiger partial charge in [-0.1, -0.05) is 17.7 Å². The Labute approximate surface area is 117 Å². The van der Waals surface area contributed by atoms with Crippen molar-refractivity contribution in [1.82, 2.24) is 4.98 Å². The quantitative estimate of drug-likeness (QED) is 0.847. The molecule has 102 valence electrons. The first kappa shape index (κ1) is 13.8. The van der Waals surface area contributed by atoms with Gasteiger partial charge < -0.3 is 9.84 Å². The third kappa shape index (κ3) is 3.95. The van der Waals surface area contributed by atoms with Crippen molar-refractivity contribution in [2.75, 3.05) is 0 Å². The molecular weight excluding hydrogens is 254 g/mol. The summed E-state index contributed by atoms with van der Waals surface area (Å²) in [5, 5.41) is 8.71. The monoisotopic (exact) mass is 269 g/mol. The van der Waals surface area contributed by atoms with E-state index in [-0.39, 0.29) is 0 Å². The highest BCUT2D eigenvalue weighted by molar-refractivity contribution is 5.85. The molecule has 0 unspecified atom stereocenters. The van der Waals surface area contributed by atoms with Crippen molar-refractivity contribution in [1.29, 1.82) is 0 Å². The number of nitrogens with zero attached hydrogens (tertiary/aromatic N) is 1. The minimum atomic E-state index is -0.982. The molecule has 0 bridgehead atoms. The maximum absolute atomic E-state index is 10.6. The topological polar surface area (TPSA) is 59.4 Å². The van der Waals surface area contributed by atoms with Crippen LogP contribution in [0.4, 0.5) is 0 Å². The summed E-state index contributed by atoms with van der Waals surface area (Å²) in [6.07, 6.45) is 6.08. The number of hydrogen-bond donors (Lipinski definition) is 1. The summed E-state index contributed by atoms with van der Waals surface area (Å²) >= 11 is 0. The van der Waals surface area contributed by atoms with Crippen molar-refractivity contribution in [3.63, 3.8) is 0 Å². The summed E-state index contributed by atoms with van der Waals surface area (Å²) in [6.45, 7) is 2.34. The summed E-state index contributed by atoms with van der Waals surface area (Å²) in [4.78, 5) is 14.6. The largest absolute Gasteiger partial charge is 0.488 e. The number of rotatable bonds is 5. The Morgan fingerprint density at radius 3 is 2.95 bits per heavy atom. The van der Waals surface area contributed by atoms with E-state index >= 15 is 0 Å². The van der Waals surface area contributed by atoms with Crippen LogP contribution in [0.25, 0.3) is 6.08 Å². The maximum atomic E-state index is 10.6. The molecule has 0 saturated carbocycles. The predicted octanol–water partition coefficient (Wildman–Crippen LogP) is 3.07. The maximum Gasteiger partial charge on any atom is 0.328 e. The predicted molar refractivity (Wildman–Crippen MR) is 76.4 cm³/mol. The van der Waals surface area contributed by atoms with E-state index in [0.29, 0.717) is 12.4 Å². The Kier molecular flexibility index (Phi) is 4.50. The number of aryl methyl sites for hydroxylation is 1. The lowest BCUT2D eigenvalue weighted by Crippen LogP contribution is -1.98. The highest BCUT2D eigenvalue weighted by atomic mass is 16.5. The van der Waals surface area contributed by atoms with E-state index in [4.69, 9.17) is 9.84 Å². The molecule has 0 radical (unpaired) electrons. The lowest BCUT2D eigenvalue weighted by atomic mass is 10.1. The lowest BCUT2D eigenvalue weighted by Gasteiger charge is -2.10. The van der Waals surface area contributed by atoms with Gasteiger partial charge in [0.25, 0.3) is 0 Å². The van der Waals surface area contributed by atoms with Crippen LogP contribution in [0.1, 0.15) is 16.7 Å². The lowest BCUT2D eigenvalue weighted by molar-refractivity contribution is -0.131. The zero-order valence-electron chi connectivity index (χ0n) is 11.1. The van der Waals surface area contributed by atoms with Gasteiger partial charge in [0, 0.05) is 29.6 Å². The normalized spacial score (nSPS) is 10.7. The third-order valence-electron chi connectivity index (χ3n) is 2.69. The second-order valence-electron chi connectivity index (χ2n) is 4.36. The molecule has 0 saturated heterocycles. The van der Waals surface area contributed by atoms with E-state index in [1.54, 1.807) is 12.4 Å². The number of aliphatic carboxylic acids is 1. The van der Waals surface area contributed by atoms with E-state index in [1.165, 1.54) is 6.08 Å². The first-order valence-electron chi connectivity index (χ1n) is 6.18. The van der Waals surface area contributed by atoms with Crippen LogP contribution in [-0.4, -0.2) is 16.1 Å².